The lowest BCUT2D eigenvalue weighted by Gasteiger charge is -2.23. The quantitative estimate of drug-likeness (QED) is 0.356. The Hall–Kier alpha value is -4.51. The number of amides is 2. The first-order valence-corrected chi connectivity index (χ1v) is 12.6. The Kier molecular flexibility index (Phi) is 7.07. The van der Waals surface area contributed by atoms with Crippen LogP contribution in [-0.2, 0) is 19.6 Å². The zero-order chi connectivity index (χ0) is 26.7. The second kappa shape index (κ2) is 10.2. The molecule has 4 aromatic rings. The van der Waals surface area contributed by atoms with Gasteiger partial charge in [0, 0.05) is 36.0 Å². The minimum absolute atomic E-state index is 0.00778. The highest BCUT2D eigenvalue weighted by Crippen LogP contribution is 2.33. The van der Waals surface area contributed by atoms with E-state index in [2.05, 4.69) is 10.3 Å². The second-order valence-corrected chi connectivity index (χ2v) is 9.74. The van der Waals surface area contributed by atoms with E-state index in [0.717, 1.165) is 0 Å². The maximum Gasteiger partial charge on any atom is 0.342 e. The van der Waals surface area contributed by atoms with Crippen LogP contribution >= 0.6 is 0 Å². The van der Waals surface area contributed by atoms with Gasteiger partial charge in [-0.1, -0.05) is 0 Å². The molecule has 0 aliphatic carbocycles. The van der Waals surface area contributed by atoms with Crippen LogP contribution in [0.1, 0.15) is 40.3 Å². The maximum atomic E-state index is 13.8. The molecular weight excluding hydrogens is 498 g/mol. The molecule has 0 bridgehead atoms. The van der Waals surface area contributed by atoms with Crippen LogP contribution in [0.5, 0.6) is 0 Å². The van der Waals surface area contributed by atoms with Crippen LogP contribution in [0.4, 0.5) is 11.4 Å². The summed E-state index contributed by atoms with van der Waals surface area (Å²) < 4.78 is 39.1. The number of aromatic nitrogens is 1. The Bertz CT molecular complexity index is 1590. The van der Waals surface area contributed by atoms with Crippen LogP contribution in [0.3, 0.4) is 0 Å². The topological polar surface area (TPSA) is 136 Å². The highest BCUT2D eigenvalue weighted by molar-refractivity contribution is 7.93. The van der Waals surface area contributed by atoms with Gasteiger partial charge >= 0.3 is 5.97 Å². The highest BCUT2D eigenvalue weighted by atomic mass is 32.2. The van der Waals surface area contributed by atoms with E-state index < -0.39 is 21.9 Å². The molecule has 10 nitrogen and oxygen atoms in total. The Balaban J connectivity index is 1.88. The SMILES string of the molecule is CCOC(=O)c1c(C)oc2ccc(N(C(=O)c3ccncc3)S(=O)(=O)c3ccc(NC(C)=O)cc3)cc12. The number of carbonyl (C=O) groups excluding carboxylic acids is 3. The molecule has 0 atom stereocenters. The van der Waals surface area contributed by atoms with E-state index >= 15 is 0 Å². The number of rotatable bonds is 7. The van der Waals surface area contributed by atoms with Gasteiger partial charge in [-0.3, -0.25) is 14.6 Å². The molecule has 2 aromatic heterocycles. The van der Waals surface area contributed by atoms with Crippen molar-refractivity contribution >= 4 is 50.2 Å². The molecule has 0 saturated carbocycles. The van der Waals surface area contributed by atoms with E-state index in [0.29, 0.717) is 26.7 Å². The summed E-state index contributed by atoms with van der Waals surface area (Å²) in [5.74, 6) is -1.47. The van der Waals surface area contributed by atoms with E-state index in [9.17, 15) is 22.8 Å². The number of sulfonamides is 1. The normalized spacial score (nSPS) is 11.2. The predicted octanol–water partition coefficient (Wildman–Crippen LogP) is 4.31. The van der Waals surface area contributed by atoms with Crippen molar-refractivity contribution in [3.05, 3.63) is 83.9 Å². The fourth-order valence-corrected chi connectivity index (χ4v) is 5.19. The third kappa shape index (κ3) is 5.07. The number of carbonyl (C=O) groups is 3. The number of ether oxygens (including phenoxy) is 1. The molecule has 1 N–H and O–H groups in total. The zero-order valence-corrected chi connectivity index (χ0v) is 21.0. The fourth-order valence-electron chi connectivity index (χ4n) is 3.79. The van der Waals surface area contributed by atoms with Crippen molar-refractivity contribution in [1.29, 1.82) is 0 Å². The number of hydrogen-bond acceptors (Lipinski definition) is 8. The highest BCUT2D eigenvalue weighted by Gasteiger charge is 2.33. The van der Waals surface area contributed by atoms with E-state index in [4.69, 9.17) is 9.15 Å². The van der Waals surface area contributed by atoms with Crippen molar-refractivity contribution in [2.24, 2.45) is 0 Å². The summed E-state index contributed by atoms with van der Waals surface area (Å²) in [5.41, 5.74) is 0.951. The molecule has 0 fully saturated rings. The summed E-state index contributed by atoms with van der Waals surface area (Å²) in [5, 5.41) is 2.87. The van der Waals surface area contributed by atoms with Gasteiger partial charge < -0.3 is 14.5 Å². The predicted molar refractivity (Wildman–Crippen MR) is 136 cm³/mol. The van der Waals surface area contributed by atoms with Crippen LogP contribution in [-0.4, -0.2) is 37.8 Å². The van der Waals surface area contributed by atoms with Gasteiger partial charge in [0.05, 0.1) is 17.2 Å². The van der Waals surface area contributed by atoms with Crippen molar-refractivity contribution in [3.63, 3.8) is 0 Å². The third-order valence-electron chi connectivity index (χ3n) is 5.39. The molecule has 4 rings (SSSR count). The minimum atomic E-state index is -4.45. The molecule has 2 amide bonds. The minimum Gasteiger partial charge on any atom is -0.462 e. The first kappa shape index (κ1) is 25.6. The standard InChI is InChI=1S/C26H23N3O7S/c1-4-35-26(32)24-16(2)36-23-10-7-20(15-22(23)24)29(25(31)18-11-13-27-14-12-18)37(33,34)21-8-5-19(6-9-21)28-17(3)30/h5-15H,4H2,1-3H3,(H,28,30). The van der Waals surface area contributed by atoms with E-state index in [1.165, 1.54) is 73.9 Å². The van der Waals surface area contributed by atoms with Gasteiger partial charge in [-0.15, -0.1) is 0 Å². The van der Waals surface area contributed by atoms with Crippen LogP contribution in [0.15, 0.2) is 76.3 Å². The van der Waals surface area contributed by atoms with Crippen LogP contribution in [0.25, 0.3) is 11.0 Å². The largest absolute Gasteiger partial charge is 0.462 e. The molecule has 0 aliphatic rings. The van der Waals surface area contributed by atoms with Gasteiger partial charge in [0.1, 0.15) is 16.9 Å². The van der Waals surface area contributed by atoms with Crippen molar-refractivity contribution in [3.8, 4) is 0 Å². The molecule has 0 unspecified atom stereocenters. The average molecular weight is 522 g/mol. The number of furan rings is 1. The van der Waals surface area contributed by atoms with Gasteiger partial charge in [0.15, 0.2) is 0 Å². The van der Waals surface area contributed by atoms with E-state index in [1.54, 1.807) is 13.8 Å². The van der Waals surface area contributed by atoms with Crippen molar-refractivity contribution in [1.82, 2.24) is 4.98 Å². The number of pyridine rings is 1. The number of anilines is 2. The molecule has 190 valence electrons. The molecule has 2 heterocycles. The van der Waals surface area contributed by atoms with Crippen molar-refractivity contribution in [2.75, 3.05) is 16.2 Å². The number of fused-ring (bicyclic) bond motifs is 1. The van der Waals surface area contributed by atoms with Gasteiger partial charge in [0.2, 0.25) is 5.91 Å². The zero-order valence-electron chi connectivity index (χ0n) is 20.2. The van der Waals surface area contributed by atoms with Crippen LogP contribution in [0, 0.1) is 6.92 Å². The smallest absolute Gasteiger partial charge is 0.342 e. The van der Waals surface area contributed by atoms with Crippen molar-refractivity contribution < 1.29 is 32.0 Å². The summed E-state index contributed by atoms with van der Waals surface area (Å²) in [4.78, 5) is 41.2. The summed E-state index contributed by atoms with van der Waals surface area (Å²) in [6, 6.07) is 12.5. The Morgan fingerprint density at radius 3 is 2.32 bits per heavy atom. The summed E-state index contributed by atoms with van der Waals surface area (Å²) >= 11 is 0. The van der Waals surface area contributed by atoms with Gasteiger partial charge in [0.25, 0.3) is 15.9 Å². The number of nitrogens with zero attached hydrogens (tertiary/aromatic N) is 2. The van der Waals surface area contributed by atoms with E-state index in [-0.39, 0.29) is 34.2 Å². The first-order valence-electron chi connectivity index (χ1n) is 11.2. The lowest BCUT2D eigenvalue weighted by Crippen LogP contribution is -2.37. The Morgan fingerprint density at radius 1 is 1.03 bits per heavy atom. The molecule has 2 aromatic carbocycles. The average Bonchev–Trinajstić information content (AvgIpc) is 3.19. The molecule has 0 saturated heterocycles. The van der Waals surface area contributed by atoms with Crippen LogP contribution in [0.2, 0.25) is 0 Å². The molecule has 0 spiro atoms. The number of nitrogens with one attached hydrogen (secondary N) is 1. The maximum absolute atomic E-state index is 13.8. The van der Waals surface area contributed by atoms with Gasteiger partial charge in [-0.25, -0.2) is 13.2 Å². The van der Waals surface area contributed by atoms with E-state index in [1.807, 2.05) is 0 Å². The molecule has 0 radical (unpaired) electrons. The lowest BCUT2D eigenvalue weighted by molar-refractivity contribution is -0.114. The Labute approximate surface area is 212 Å². The molecular formula is C26H23N3O7S. The Morgan fingerprint density at radius 2 is 1.70 bits per heavy atom. The molecule has 11 heteroatoms. The number of aryl methyl sites for hydroxylation is 1. The molecule has 37 heavy (non-hydrogen) atoms. The summed E-state index contributed by atoms with van der Waals surface area (Å²) in [7, 11) is -4.45. The van der Waals surface area contributed by atoms with Crippen LogP contribution < -0.4 is 9.62 Å². The fraction of sp³-hybridized carbons (Fsp3) is 0.154. The first-order chi connectivity index (χ1) is 17.6. The second-order valence-electron chi connectivity index (χ2n) is 7.95. The van der Waals surface area contributed by atoms with Gasteiger partial charge in [-0.2, -0.15) is 4.31 Å². The molecule has 0 aliphatic heterocycles. The van der Waals surface area contributed by atoms with Gasteiger partial charge in [-0.05, 0) is 68.4 Å². The van der Waals surface area contributed by atoms with Crippen molar-refractivity contribution in [2.45, 2.75) is 25.7 Å². The third-order valence-corrected chi connectivity index (χ3v) is 7.11. The number of esters is 1. The monoisotopic (exact) mass is 521 g/mol. The number of benzene rings is 2. The lowest BCUT2D eigenvalue weighted by atomic mass is 10.1. The number of hydrogen-bond donors (Lipinski definition) is 1. The summed E-state index contributed by atoms with van der Waals surface area (Å²) in [6.07, 6.45) is 2.75. The summed E-state index contributed by atoms with van der Waals surface area (Å²) in [6.45, 7) is 4.73.